The smallest absolute Gasteiger partial charge is 0.258 e. The molecule has 0 atom stereocenters. The number of hydrogen-bond donors (Lipinski definition) is 2. The van der Waals surface area contributed by atoms with Crippen molar-refractivity contribution in [2.24, 2.45) is 0 Å². The Bertz CT molecular complexity index is 809. The highest BCUT2D eigenvalue weighted by Crippen LogP contribution is 2.31. The van der Waals surface area contributed by atoms with Crippen LogP contribution in [0.1, 0.15) is 23.2 Å². The highest BCUT2D eigenvalue weighted by Gasteiger charge is 2.16. The first-order chi connectivity index (χ1) is 12.0. The number of hydrogen-bond acceptors (Lipinski definition) is 3. The lowest BCUT2D eigenvalue weighted by atomic mass is 10.2. The summed E-state index contributed by atoms with van der Waals surface area (Å²) in [4.78, 5) is 14.5. The molecule has 1 fully saturated rings. The Morgan fingerprint density at radius 3 is 2.56 bits per heavy atom. The molecule has 7 heteroatoms. The fraction of sp³-hybridized carbons (Fsp3) is 0.222. The van der Waals surface area contributed by atoms with Gasteiger partial charge in [0.1, 0.15) is 0 Å². The summed E-state index contributed by atoms with van der Waals surface area (Å²) in [7, 11) is 0. The highest BCUT2D eigenvalue weighted by molar-refractivity contribution is 9.10. The monoisotopic (exact) mass is 437 g/mol. The lowest BCUT2D eigenvalue weighted by molar-refractivity contribution is 0.0977. The van der Waals surface area contributed by atoms with E-state index in [0.717, 1.165) is 24.5 Å². The number of carbonyl (C=O) groups is 1. The fourth-order valence-electron chi connectivity index (χ4n) is 2.78. The molecule has 1 heterocycles. The van der Waals surface area contributed by atoms with E-state index in [-0.39, 0.29) is 11.0 Å². The summed E-state index contributed by atoms with van der Waals surface area (Å²) in [6.07, 6.45) is 2.39. The molecule has 0 aliphatic carbocycles. The molecule has 0 spiro atoms. The van der Waals surface area contributed by atoms with Crippen molar-refractivity contribution in [2.45, 2.75) is 12.8 Å². The van der Waals surface area contributed by atoms with Crippen molar-refractivity contribution in [3.05, 3.63) is 57.5 Å². The van der Waals surface area contributed by atoms with Crippen LogP contribution >= 0.6 is 39.7 Å². The normalized spacial score (nSPS) is 13.6. The SMILES string of the molecule is O=C(NC(=S)Nc1ccc(N2CCCC2)c(Cl)c1)c1ccccc1Br. The first-order valence-corrected chi connectivity index (χ1v) is 9.54. The quantitative estimate of drug-likeness (QED) is 0.674. The maximum absolute atomic E-state index is 12.3. The third-order valence-electron chi connectivity index (χ3n) is 4.00. The predicted octanol–water partition coefficient (Wildman–Crippen LogP) is 4.83. The second-order valence-electron chi connectivity index (χ2n) is 5.75. The fourth-order valence-corrected chi connectivity index (χ4v) is 3.75. The van der Waals surface area contributed by atoms with Gasteiger partial charge in [0.05, 0.1) is 16.3 Å². The first kappa shape index (κ1) is 18.2. The summed E-state index contributed by atoms with van der Waals surface area (Å²) in [5, 5.41) is 6.58. The van der Waals surface area contributed by atoms with E-state index in [0.29, 0.717) is 15.1 Å². The van der Waals surface area contributed by atoms with Crippen molar-refractivity contribution in [3.8, 4) is 0 Å². The van der Waals surface area contributed by atoms with Gasteiger partial charge >= 0.3 is 0 Å². The predicted molar refractivity (Wildman–Crippen MR) is 111 cm³/mol. The minimum atomic E-state index is -0.273. The van der Waals surface area contributed by atoms with Crippen LogP contribution in [0.2, 0.25) is 5.02 Å². The summed E-state index contributed by atoms with van der Waals surface area (Å²) < 4.78 is 0.716. The Kier molecular flexibility index (Phi) is 5.93. The van der Waals surface area contributed by atoms with Gasteiger partial charge in [0.15, 0.2) is 5.11 Å². The zero-order valence-corrected chi connectivity index (χ0v) is 16.5. The summed E-state index contributed by atoms with van der Waals surface area (Å²) in [5.41, 5.74) is 2.30. The summed E-state index contributed by atoms with van der Waals surface area (Å²) >= 11 is 15.0. The molecule has 4 nitrogen and oxygen atoms in total. The van der Waals surface area contributed by atoms with E-state index >= 15 is 0 Å². The minimum Gasteiger partial charge on any atom is -0.370 e. The molecule has 2 aromatic carbocycles. The Morgan fingerprint density at radius 1 is 1.16 bits per heavy atom. The van der Waals surface area contributed by atoms with Crippen molar-refractivity contribution in [1.29, 1.82) is 0 Å². The second kappa shape index (κ2) is 8.17. The van der Waals surface area contributed by atoms with Gasteiger partial charge in [-0.3, -0.25) is 10.1 Å². The molecule has 0 aromatic heterocycles. The third-order valence-corrected chi connectivity index (χ3v) is 5.20. The van der Waals surface area contributed by atoms with Crippen LogP contribution in [0.5, 0.6) is 0 Å². The molecular weight excluding hydrogens is 422 g/mol. The van der Waals surface area contributed by atoms with Gasteiger partial charge in [-0.25, -0.2) is 0 Å². The second-order valence-corrected chi connectivity index (χ2v) is 7.42. The van der Waals surface area contributed by atoms with E-state index in [4.69, 9.17) is 23.8 Å². The first-order valence-electron chi connectivity index (χ1n) is 7.96. The van der Waals surface area contributed by atoms with Gasteiger partial charge in [-0.2, -0.15) is 0 Å². The van der Waals surface area contributed by atoms with Crippen LogP contribution in [0, 0.1) is 0 Å². The lowest BCUT2D eigenvalue weighted by Gasteiger charge is -2.20. The summed E-state index contributed by atoms with van der Waals surface area (Å²) in [5.74, 6) is -0.273. The van der Waals surface area contributed by atoms with Crippen LogP contribution < -0.4 is 15.5 Å². The van der Waals surface area contributed by atoms with E-state index in [1.54, 1.807) is 12.1 Å². The topological polar surface area (TPSA) is 44.4 Å². The van der Waals surface area contributed by atoms with Crippen molar-refractivity contribution < 1.29 is 4.79 Å². The number of nitrogens with zero attached hydrogens (tertiary/aromatic N) is 1. The van der Waals surface area contributed by atoms with Crippen LogP contribution in [0.25, 0.3) is 0 Å². The molecule has 1 aliphatic rings. The van der Waals surface area contributed by atoms with E-state index in [1.807, 2.05) is 30.3 Å². The largest absolute Gasteiger partial charge is 0.370 e. The average Bonchev–Trinajstić information content (AvgIpc) is 3.09. The third kappa shape index (κ3) is 4.51. The zero-order valence-electron chi connectivity index (χ0n) is 13.4. The molecular formula is C18H17BrClN3OS. The number of benzene rings is 2. The van der Waals surface area contributed by atoms with Gasteiger partial charge < -0.3 is 10.2 Å². The van der Waals surface area contributed by atoms with Gasteiger partial charge in [0.2, 0.25) is 0 Å². The van der Waals surface area contributed by atoms with Gasteiger partial charge in [-0.1, -0.05) is 23.7 Å². The van der Waals surface area contributed by atoms with Gasteiger partial charge in [-0.15, -0.1) is 0 Å². The standard InChI is InChI=1S/C18H17BrClN3OS/c19-14-6-2-1-5-13(14)17(24)22-18(25)21-12-7-8-16(15(20)11-12)23-9-3-4-10-23/h1-2,5-8,11H,3-4,9-10H2,(H2,21,22,24,25). The molecule has 0 bridgehead atoms. The van der Waals surface area contributed by atoms with Gasteiger partial charge in [0, 0.05) is 23.2 Å². The number of carbonyl (C=O) groups excluding carboxylic acids is 1. The van der Waals surface area contributed by atoms with Crippen molar-refractivity contribution >= 4 is 62.1 Å². The number of rotatable bonds is 3. The summed E-state index contributed by atoms with van der Waals surface area (Å²) in [6.45, 7) is 2.07. The molecule has 1 saturated heterocycles. The van der Waals surface area contributed by atoms with Crippen molar-refractivity contribution in [3.63, 3.8) is 0 Å². The van der Waals surface area contributed by atoms with Crippen molar-refractivity contribution in [1.82, 2.24) is 5.32 Å². The Balaban J connectivity index is 1.64. The average molecular weight is 439 g/mol. The van der Waals surface area contributed by atoms with Crippen molar-refractivity contribution in [2.75, 3.05) is 23.3 Å². The maximum atomic E-state index is 12.3. The Hall–Kier alpha value is -1.63. The number of nitrogens with one attached hydrogen (secondary N) is 2. The van der Waals surface area contributed by atoms with Crippen LogP contribution in [0.4, 0.5) is 11.4 Å². The lowest BCUT2D eigenvalue weighted by Crippen LogP contribution is -2.34. The van der Waals surface area contributed by atoms with Crippen LogP contribution in [-0.2, 0) is 0 Å². The number of amides is 1. The molecule has 2 N–H and O–H groups in total. The zero-order chi connectivity index (χ0) is 17.8. The molecule has 3 rings (SSSR count). The van der Waals surface area contributed by atoms with E-state index in [2.05, 4.69) is 31.5 Å². The molecule has 2 aromatic rings. The molecule has 0 saturated carbocycles. The molecule has 1 amide bonds. The highest BCUT2D eigenvalue weighted by atomic mass is 79.9. The molecule has 0 radical (unpaired) electrons. The molecule has 25 heavy (non-hydrogen) atoms. The number of thiocarbonyl (C=S) groups is 1. The Morgan fingerprint density at radius 2 is 1.88 bits per heavy atom. The van der Waals surface area contributed by atoms with E-state index in [1.165, 1.54) is 12.8 Å². The van der Waals surface area contributed by atoms with Gasteiger partial charge in [0.25, 0.3) is 5.91 Å². The molecule has 1 aliphatic heterocycles. The maximum Gasteiger partial charge on any atom is 0.258 e. The molecule has 0 unspecified atom stereocenters. The number of anilines is 2. The Labute approximate surface area is 165 Å². The van der Waals surface area contributed by atoms with Crippen LogP contribution in [-0.4, -0.2) is 24.1 Å². The summed E-state index contributed by atoms with van der Waals surface area (Å²) in [6, 6.07) is 12.9. The van der Waals surface area contributed by atoms with E-state index in [9.17, 15) is 4.79 Å². The van der Waals surface area contributed by atoms with Crippen LogP contribution in [0.3, 0.4) is 0 Å². The number of halogens is 2. The van der Waals surface area contributed by atoms with Gasteiger partial charge in [-0.05, 0) is 71.3 Å². The van der Waals surface area contributed by atoms with E-state index < -0.39 is 0 Å². The minimum absolute atomic E-state index is 0.228. The van der Waals surface area contributed by atoms with Crippen LogP contribution in [0.15, 0.2) is 46.9 Å². The molecule has 130 valence electrons.